The fourth-order valence-corrected chi connectivity index (χ4v) is 1.79. The summed E-state index contributed by atoms with van der Waals surface area (Å²) in [4.78, 5) is 11.7. The first-order valence-corrected chi connectivity index (χ1v) is 6.48. The molecule has 21 heavy (non-hydrogen) atoms. The van der Waals surface area contributed by atoms with Gasteiger partial charge in [-0.15, -0.1) is 0 Å². The molecule has 0 unspecified atom stereocenters. The van der Waals surface area contributed by atoms with Crippen LogP contribution in [0, 0.1) is 11.3 Å². The molecule has 5 nitrogen and oxygen atoms in total. The van der Waals surface area contributed by atoms with Crippen LogP contribution in [0.5, 0.6) is 0 Å². The van der Waals surface area contributed by atoms with Crippen molar-refractivity contribution in [2.24, 2.45) is 0 Å². The second-order valence-corrected chi connectivity index (χ2v) is 5.46. The number of carbonyl (C=O) groups is 1. The largest absolute Gasteiger partial charge is 0.446 e. The highest BCUT2D eigenvalue weighted by Crippen LogP contribution is 2.31. The van der Waals surface area contributed by atoms with Crippen LogP contribution in [-0.2, 0) is 4.74 Å². The van der Waals surface area contributed by atoms with Crippen LogP contribution >= 0.6 is 0 Å². The highest BCUT2D eigenvalue weighted by atomic mass is 16.6. The molecule has 2 aromatic rings. The van der Waals surface area contributed by atoms with E-state index in [0.29, 0.717) is 5.56 Å². The van der Waals surface area contributed by atoms with Crippen molar-refractivity contribution < 1.29 is 13.9 Å². The fourth-order valence-electron chi connectivity index (χ4n) is 1.79. The van der Waals surface area contributed by atoms with Gasteiger partial charge in [-0.05, 0) is 26.3 Å². The molecule has 1 N–H and O–H groups in total. The Hall–Kier alpha value is -2.74. The van der Waals surface area contributed by atoms with Gasteiger partial charge in [0.15, 0.2) is 0 Å². The van der Waals surface area contributed by atoms with E-state index >= 15 is 0 Å². The third-order valence-corrected chi connectivity index (χ3v) is 2.60. The van der Waals surface area contributed by atoms with Crippen molar-refractivity contribution in [3.05, 3.63) is 42.2 Å². The Bertz CT molecular complexity index is 676. The van der Waals surface area contributed by atoms with E-state index < -0.39 is 11.7 Å². The summed E-state index contributed by atoms with van der Waals surface area (Å²) in [5.41, 5.74) is 1.12. The topological polar surface area (TPSA) is 75.3 Å². The molecule has 1 heterocycles. The SMILES string of the molecule is CC(C)(C)OC(=O)Nc1occ(-c2ccccc2)c1C#N. The molecule has 0 atom stereocenters. The quantitative estimate of drug-likeness (QED) is 0.898. The maximum absolute atomic E-state index is 11.7. The molecule has 0 spiro atoms. The molecule has 0 aliphatic carbocycles. The summed E-state index contributed by atoms with van der Waals surface area (Å²) in [6.45, 7) is 5.28. The van der Waals surface area contributed by atoms with Crippen LogP contribution in [0.25, 0.3) is 11.1 Å². The van der Waals surface area contributed by atoms with Crippen LogP contribution in [0.4, 0.5) is 10.7 Å². The smallest absolute Gasteiger partial charge is 0.414 e. The van der Waals surface area contributed by atoms with Gasteiger partial charge in [-0.2, -0.15) is 5.26 Å². The van der Waals surface area contributed by atoms with Crippen LogP contribution in [0.1, 0.15) is 26.3 Å². The van der Waals surface area contributed by atoms with Gasteiger partial charge in [0, 0.05) is 5.56 Å². The number of nitrogens with one attached hydrogen (secondary N) is 1. The molecule has 2 rings (SSSR count). The van der Waals surface area contributed by atoms with Gasteiger partial charge in [0.25, 0.3) is 0 Å². The minimum Gasteiger partial charge on any atom is -0.446 e. The average molecular weight is 284 g/mol. The number of carbonyl (C=O) groups excluding carboxylic acids is 1. The van der Waals surface area contributed by atoms with E-state index in [0.717, 1.165) is 5.56 Å². The molecule has 1 aromatic heterocycles. The lowest BCUT2D eigenvalue weighted by Gasteiger charge is -2.19. The highest BCUT2D eigenvalue weighted by Gasteiger charge is 2.21. The molecular weight excluding hydrogens is 268 g/mol. The number of hydrogen-bond acceptors (Lipinski definition) is 4. The van der Waals surface area contributed by atoms with Crippen molar-refractivity contribution in [3.8, 4) is 17.2 Å². The first-order valence-electron chi connectivity index (χ1n) is 6.48. The number of anilines is 1. The third kappa shape index (κ3) is 3.63. The zero-order valence-electron chi connectivity index (χ0n) is 12.1. The number of amides is 1. The Balaban J connectivity index is 2.26. The van der Waals surface area contributed by atoms with Gasteiger partial charge in [-0.25, -0.2) is 4.79 Å². The number of hydrogen-bond donors (Lipinski definition) is 1. The lowest BCUT2D eigenvalue weighted by atomic mass is 10.1. The van der Waals surface area contributed by atoms with E-state index in [1.54, 1.807) is 20.8 Å². The van der Waals surface area contributed by atoms with Crippen LogP contribution in [0.15, 0.2) is 41.0 Å². The molecule has 108 valence electrons. The minimum absolute atomic E-state index is 0.0885. The third-order valence-electron chi connectivity index (χ3n) is 2.60. The van der Waals surface area contributed by atoms with Crippen molar-refractivity contribution in [1.82, 2.24) is 0 Å². The molecule has 0 aliphatic rings. The summed E-state index contributed by atoms with van der Waals surface area (Å²) in [7, 11) is 0. The van der Waals surface area contributed by atoms with Crippen LogP contribution in [0.3, 0.4) is 0 Å². The van der Waals surface area contributed by atoms with E-state index in [2.05, 4.69) is 5.32 Å². The van der Waals surface area contributed by atoms with Gasteiger partial charge in [-0.1, -0.05) is 30.3 Å². The normalized spacial score (nSPS) is 10.8. The molecule has 0 bridgehead atoms. The summed E-state index contributed by atoms with van der Waals surface area (Å²) < 4.78 is 10.4. The van der Waals surface area contributed by atoms with E-state index in [-0.39, 0.29) is 11.4 Å². The zero-order valence-corrected chi connectivity index (χ0v) is 12.1. The number of nitrogens with zero attached hydrogens (tertiary/aromatic N) is 1. The van der Waals surface area contributed by atoms with Crippen molar-refractivity contribution in [2.75, 3.05) is 5.32 Å². The van der Waals surface area contributed by atoms with Gasteiger partial charge < -0.3 is 9.15 Å². The minimum atomic E-state index is -0.659. The summed E-state index contributed by atoms with van der Waals surface area (Å²) >= 11 is 0. The lowest BCUT2D eigenvalue weighted by Crippen LogP contribution is -2.27. The van der Waals surface area contributed by atoms with Crippen molar-refractivity contribution in [2.45, 2.75) is 26.4 Å². The van der Waals surface area contributed by atoms with E-state index in [1.165, 1.54) is 6.26 Å². The van der Waals surface area contributed by atoms with E-state index in [4.69, 9.17) is 9.15 Å². The number of benzene rings is 1. The van der Waals surface area contributed by atoms with Gasteiger partial charge in [-0.3, -0.25) is 5.32 Å². The second-order valence-electron chi connectivity index (χ2n) is 5.46. The maximum Gasteiger partial charge on any atom is 0.414 e. The zero-order chi connectivity index (χ0) is 15.5. The van der Waals surface area contributed by atoms with Gasteiger partial charge in [0.05, 0.1) is 0 Å². The average Bonchev–Trinajstić information content (AvgIpc) is 2.80. The van der Waals surface area contributed by atoms with Gasteiger partial charge in [0.2, 0.25) is 5.88 Å². The molecule has 5 heteroatoms. The molecule has 1 aromatic carbocycles. The number of nitriles is 1. The number of ether oxygens (including phenoxy) is 1. The molecular formula is C16H16N2O3. The lowest BCUT2D eigenvalue weighted by molar-refractivity contribution is 0.0632. The van der Waals surface area contributed by atoms with Gasteiger partial charge in [0.1, 0.15) is 23.5 Å². The number of furan rings is 1. The molecule has 0 saturated heterocycles. The van der Waals surface area contributed by atoms with Crippen molar-refractivity contribution >= 4 is 12.0 Å². The molecule has 0 radical (unpaired) electrons. The van der Waals surface area contributed by atoms with Crippen LogP contribution in [0.2, 0.25) is 0 Å². The molecule has 1 amide bonds. The van der Waals surface area contributed by atoms with Crippen molar-refractivity contribution in [3.63, 3.8) is 0 Å². The second kappa shape index (κ2) is 5.71. The first-order chi connectivity index (χ1) is 9.90. The molecule has 0 aliphatic heterocycles. The fraction of sp³-hybridized carbons (Fsp3) is 0.250. The Labute approximate surface area is 123 Å². The molecule has 0 fully saturated rings. The Morgan fingerprint density at radius 3 is 2.52 bits per heavy atom. The van der Waals surface area contributed by atoms with E-state index in [1.807, 2.05) is 36.4 Å². The number of rotatable bonds is 2. The Morgan fingerprint density at radius 2 is 1.95 bits per heavy atom. The standard InChI is InChI=1S/C16H16N2O3/c1-16(2,3)21-15(19)18-14-12(9-17)13(10-20-14)11-7-5-4-6-8-11/h4-8,10H,1-3H3,(H,18,19). The Kier molecular flexibility index (Phi) is 3.99. The first kappa shape index (κ1) is 14.7. The monoisotopic (exact) mass is 284 g/mol. The Morgan fingerprint density at radius 1 is 1.29 bits per heavy atom. The predicted octanol–water partition coefficient (Wildman–Crippen LogP) is 4.17. The summed E-state index contributed by atoms with van der Waals surface area (Å²) in [5, 5.41) is 11.8. The van der Waals surface area contributed by atoms with Crippen molar-refractivity contribution in [1.29, 1.82) is 5.26 Å². The van der Waals surface area contributed by atoms with Gasteiger partial charge >= 0.3 is 6.09 Å². The maximum atomic E-state index is 11.7. The van der Waals surface area contributed by atoms with Crippen LogP contribution in [-0.4, -0.2) is 11.7 Å². The molecule has 0 saturated carbocycles. The highest BCUT2D eigenvalue weighted by molar-refractivity contribution is 5.87. The predicted molar refractivity (Wildman–Crippen MR) is 78.7 cm³/mol. The van der Waals surface area contributed by atoms with E-state index in [9.17, 15) is 10.1 Å². The summed E-state index contributed by atoms with van der Waals surface area (Å²) in [6, 6.07) is 11.4. The summed E-state index contributed by atoms with van der Waals surface area (Å²) in [6.07, 6.45) is 0.786. The summed E-state index contributed by atoms with van der Waals surface area (Å²) in [5.74, 6) is 0.0885. The van der Waals surface area contributed by atoms with Crippen LogP contribution < -0.4 is 5.32 Å².